The Morgan fingerprint density at radius 3 is 2.41 bits per heavy atom. The van der Waals surface area contributed by atoms with E-state index in [-0.39, 0.29) is 5.91 Å². The summed E-state index contributed by atoms with van der Waals surface area (Å²) in [6.45, 7) is 8.20. The topological polar surface area (TPSA) is 96.4 Å². The zero-order valence-corrected chi connectivity index (χ0v) is 23.9. The van der Waals surface area contributed by atoms with Crippen molar-refractivity contribution in [1.82, 2.24) is 15.4 Å². The summed E-state index contributed by atoms with van der Waals surface area (Å²) in [5.74, 6) is 2.07. The van der Waals surface area contributed by atoms with Crippen LogP contribution in [0, 0.1) is 19.8 Å². The molecule has 4 N–H and O–H groups in total. The standard InChI is InChI=1S/C34H39N5O2/c1-22-33(23(2)41-38-22)27-13-11-26(12-14-27)29-19-32(29)36-20-24-15-17-39(18-16-24)21-25-7-9-28(10-8-25)34(40)37-31-6-4-3-5-30(31)35/h3-14,24,29,32,36H,15-21,35H2,1-2H3,(H,37,40)/t29-,32+/m1/s1. The number of benzene rings is 3. The lowest BCUT2D eigenvalue weighted by atomic mass is 9.96. The first-order valence-corrected chi connectivity index (χ1v) is 14.7. The maximum absolute atomic E-state index is 12.6. The van der Waals surface area contributed by atoms with Gasteiger partial charge in [0, 0.05) is 29.6 Å². The maximum atomic E-state index is 12.6. The number of rotatable bonds is 9. The number of carbonyl (C=O) groups excluding carboxylic acids is 1. The number of aromatic nitrogens is 1. The van der Waals surface area contributed by atoms with Crippen molar-refractivity contribution in [2.24, 2.45) is 5.92 Å². The third kappa shape index (κ3) is 6.37. The van der Waals surface area contributed by atoms with Gasteiger partial charge in [-0.25, -0.2) is 0 Å². The Hall–Kier alpha value is -3.94. The summed E-state index contributed by atoms with van der Waals surface area (Å²) in [6, 6.07) is 24.8. The van der Waals surface area contributed by atoms with Crippen LogP contribution in [0.4, 0.5) is 11.4 Å². The maximum Gasteiger partial charge on any atom is 0.255 e. The van der Waals surface area contributed by atoms with Crippen molar-refractivity contribution in [3.63, 3.8) is 0 Å². The summed E-state index contributed by atoms with van der Waals surface area (Å²) in [7, 11) is 0. The number of piperidine rings is 1. The highest BCUT2D eigenvalue weighted by molar-refractivity contribution is 6.05. The molecule has 1 saturated carbocycles. The van der Waals surface area contributed by atoms with Crippen LogP contribution in [-0.2, 0) is 6.54 Å². The van der Waals surface area contributed by atoms with E-state index in [2.05, 4.69) is 57.1 Å². The summed E-state index contributed by atoms with van der Waals surface area (Å²) in [5.41, 5.74) is 13.7. The zero-order valence-electron chi connectivity index (χ0n) is 23.9. The van der Waals surface area contributed by atoms with Crippen LogP contribution in [0.15, 0.2) is 77.3 Å². The molecule has 6 rings (SSSR count). The second-order valence-electron chi connectivity index (χ2n) is 11.6. The third-order valence-corrected chi connectivity index (χ3v) is 8.66. The van der Waals surface area contributed by atoms with Gasteiger partial charge in [-0.15, -0.1) is 0 Å². The minimum atomic E-state index is -0.144. The minimum Gasteiger partial charge on any atom is -0.397 e. The van der Waals surface area contributed by atoms with Gasteiger partial charge >= 0.3 is 0 Å². The molecule has 2 fully saturated rings. The van der Waals surface area contributed by atoms with E-state index in [1.165, 1.54) is 36.0 Å². The van der Waals surface area contributed by atoms with Gasteiger partial charge < -0.3 is 20.9 Å². The Kier molecular flexibility index (Phi) is 7.90. The van der Waals surface area contributed by atoms with Crippen molar-refractivity contribution >= 4 is 17.3 Å². The Bertz CT molecular complexity index is 1470. The average molecular weight is 550 g/mol. The number of anilines is 2. The van der Waals surface area contributed by atoms with Crippen molar-refractivity contribution in [2.45, 2.75) is 51.6 Å². The van der Waals surface area contributed by atoms with Gasteiger partial charge in [0.2, 0.25) is 0 Å². The molecule has 2 aliphatic rings. The predicted octanol–water partition coefficient (Wildman–Crippen LogP) is 6.15. The first-order valence-electron chi connectivity index (χ1n) is 14.7. The van der Waals surface area contributed by atoms with Crippen LogP contribution in [0.2, 0.25) is 0 Å². The van der Waals surface area contributed by atoms with Gasteiger partial charge in [-0.1, -0.05) is 53.7 Å². The molecule has 3 aromatic carbocycles. The zero-order chi connectivity index (χ0) is 28.3. The number of amides is 1. The van der Waals surface area contributed by atoms with Crippen LogP contribution in [-0.4, -0.2) is 41.6 Å². The highest BCUT2D eigenvalue weighted by atomic mass is 16.5. The highest BCUT2D eigenvalue weighted by Crippen LogP contribution is 2.42. The Morgan fingerprint density at radius 2 is 1.73 bits per heavy atom. The molecule has 4 aromatic rings. The molecule has 0 spiro atoms. The van der Waals surface area contributed by atoms with Crippen LogP contribution in [0.3, 0.4) is 0 Å². The van der Waals surface area contributed by atoms with E-state index in [0.29, 0.717) is 28.9 Å². The van der Waals surface area contributed by atoms with Crippen molar-refractivity contribution in [3.8, 4) is 11.1 Å². The summed E-state index contributed by atoms with van der Waals surface area (Å²) in [5, 5.41) is 10.8. The molecule has 1 saturated heterocycles. The van der Waals surface area contributed by atoms with Crippen molar-refractivity contribution in [1.29, 1.82) is 0 Å². The van der Waals surface area contributed by atoms with Crippen LogP contribution in [0.25, 0.3) is 11.1 Å². The number of nitrogens with zero attached hydrogens (tertiary/aromatic N) is 2. The third-order valence-electron chi connectivity index (χ3n) is 8.66. The number of nitrogens with two attached hydrogens (primary N) is 1. The number of para-hydroxylation sites is 2. The smallest absolute Gasteiger partial charge is 0.255 e. The molecule has 2 heterocycles. The van der Waals surface area contributed by atoms with E-state index in [4.69, 9.17) is 10.3 Å². The van der Waals surface area contributed by atoms with E-state index in [9.17, 15) is 4.79 Å². The Balaban J connectivity index is 0.918. The van der Waals surface area contributed by atoms with Crippen LogP contribution in [0.1, 0.15) is 58.1 Å². The monoisotopic (exact) mass is 549 g/mol. The second-order valence-corrected chi connectivity index (χ2v) is 11.6. The summed E-state index contributed by atoms with van der Waals surface area (Å²) < 4.78 is 5.33. The number of nitrogen functional groups attached to an aromatic ring is 1. The summed E-state index contributed by atoms with van der Waals surface area (Å²) >= 11 is 0. The van der Waals surface area contributed by atoms with E-state index < -0.39 is 0 Å². The first kappa shape index (κ1) is 27.2. The van der Waals surface area contributed by atoms with Gasteiger partial charge in [-0.2, -0.15) is 0 Å². The molecule has 212 valence electrons. The van der Waals surface area contributed by atoms with Crippen LogP contribution >= 0.6 is 0 Å². The molecule has 2 atom stereocenters. The molecule has 0 radical (unpaired) electrons. The summed E-state index contributed by atoms with van der Waals surface area (Å²) in [6.07, 6.45) is 3.65. The molecule has 1 aliphatic carbocycles. The number of carbonyl (C=O) groups is 1. The predicted molar refractivity (Wildman–Crippen MR) is 164 cm³/mol. The minimum absolute atomic E-state index is 0.144. The first-order chi connectivity index (χ1) is 19.9. The van der Waals surface area contributed by atoms with Gasteiger partial charge in [0.25, 0.3) is 5.91 Å². The molecular weight excluding hydrogens is 510 g/mol. The largest absolute Gasteiger partial charge is 0.397 e. The van der Waals surface area contributed by atoms with E-state index in [1.54, 1.807) is 6.07 Å². The van der Waals surface area contributed by atoms with Crippen LogP contribution < -0.4 is 16.4 Å². The molecule has 1 aliphatic heterocycles. The van der Waals surface area contributed by atoms with Gasteiger partial charge in [0.1, 0.15) is 5.76 Å². The fourth-order valence-electron chi connectivity index (χ4n) is 6.07. The molecule has 1 amide bonds. The van der Waals surface area contributed by atoms with E-state index >= 15 is 0 Å². The molecule has 41 heavy (non-hydrogen) atoms. The molecule has 0 bridgehead atoms. The Morgan fingerprint density at radius 1 is 1.00 bits per heavy atom. The van der Waals surface area contributed by atoms with Gasteiger partial charge in [-0.05, 0) is 99.6 Å². The number of hydrogen-bond donors (Lipinski definition) is 3. The quantitative estimate of drug-likeness (QED) is 0.217. The van der Waals surface area contributed by atoms with Crippen molar-refractivity contribution in [2.75, 3.05) is 30.7 Å². The number of likely N-dealkylation sites (tertiary alicyclic amines) is 1. The number of hydrogen-bond acceptors (Lipinski definition) is 6. The molecule has 1 aromatic heterocycles. The lowest BCUT2D eigenvalue weighted by molar-refractivity contribution is 0.102. The van der Waals surface area contributed by atoms with Gasteiger partial charge in [0.05, 0.1) is 17.1 Å². The van der Waals surface area contributed by atoms with Crippen molar-refractivity contribution in [3.05, 3.63) is 101 Å². The van der Waals surface area contributed by atoms with Crippen LogP contribution in [0.5, 0.6) is 0 Å². The SMILES string of the molecule is Cc1noc(C)c1-c1ccc([C@H]2C[C@@H]2NCC2CCN(Cc3ccc(C(=O)Nc4ccccc4N)cc3)CC2)cc1. The lowest BCUT2D eigenvalue weighted by Gasteiger charge is -2.32. The Labute approximate surface area is 242 Å². The molecule has 7 heteroatoms. The molecule has 0 unspecified atom stereocenters. The number of nitrogens with one attached hydrogen (secondary N) is 2. The van der Waals surface area contributed by atoms with E-state index in [1.807, 2.05) is 44.2 Å². The summed E-state index contributed by atoms with van der Waals surface area (Å²) in [4.78, 5) is 15.1. The lowest BCUT2D eigenvalue weighted by Crippen LogP contribution is -2.37. The normalized spacial score (nSPS) is 19.3. The fraction of sp³-hybridized carbons (Fsp3) is 0.353. The molecule has 7 nitrogen and oxygen atoms in total. The van der Waals surface area contributed by atoms with Gasteiger partial charge in [-0.3, -0.25) is 9.69 Å². The average Bonchev–Trinajstić information content (AvgIpc) is 3.69. The van der Waals surface area contributed by atoms with Crippen molar-refractivity contribution < 1.29 is 9.32 Å². The van der Waals surface area contributed by atoms with Gasteiger partial charge in [0.15, 0.2) is 0 Å². The van der Waals surface area contributed by atoms with E-state index in [0.717, 1.165) is 49.1 Å². The molecular formula is C34H39N5O2. The highest BCUT2D eigenvalue weighted by Gasteiger charge is 2.38. The second kappa shape index (κ2) is 11.9. The fourth-order valence-corrected chi connectivity index (χ4v) is 6.07. The number of aryl methyl sites for hydroxylation is 2.